The van der Waals surface area contributed by atoms with Gasteiger partial charge in [0.15, 0.2) is 0 Å². The molecule has 190 valence electrons. The van der Waals surface area contributed by atoms with Crippen molar-refractivity contribution in [2.24, 2.45) is 0 Å². The quantitative estimate of drug-likeness (QED) is 0.283. The zero-order valence-corrected chi connectivity index (χ0v) is 19.8. The molecule has 8 nitrogen and oxygen atoms in total. The molecule has 0 saturated carbocycles. The molecule has 0 fully saturated rings. The summed E-state index contributed by atoms with van der Waals surface area (Å²) in [5.74, 6) is -0.727. The van der Waals surface area contributed by atoms with Crippen molar-refractivity contribution in [1.82, 2.24) is 19.9 Å². The van der Waals surface area contributed by atoms with E-state index in [1.807, 2.05) is 0 Å². The molecule has 0 bridgehead atoms. The van der Waals surface area contributed by atoms with Gasteiger partial charge < -0.3 is 16.2 Å². The number of hydrogen-bond acceptors (Lipinski definition) is 7. The number of rotatable bonds is 4. The highest BCUT2D eigenvalue weighted by Crippen LogP contribution is 2.43. The lowest BCUT2D eigenvalue weighted by atomic mass is 9.92. The van der Waals surface area contributed by atoms with Crippen LogP contribution in [-0.4, -0.2) is 30.9 Å². The lowest BCUT2D eigenvalue weighted by Crippen LogP contribution is -2.13. The number of aromatic nitrogens is 4. The van der Waals surface area contributed by atoms with Gasteiger partial charge in [0.25, 0.3) is 5.91 Å². The van der Waals surface area contributed by atoms with E-state index in [9.17, 15) is 23.1 Å². The number of benzene rings is 3. The fourth-order valence-corrected chi connectivity index (χ4v) is 4.12. The molecule has 0 radical (unpaired) electrons. The van der Waals surface area contributed by atoms with Crippen LogP contribution in [0.25, 0.3) is 33.2 Å². The molecule has 5 rings (SSSR count). The van der Waals surface area contributed by atoms with E-state index >= 15 is 0 Å². The number of amides is 1. The highest BCUT2D eigenvalue weighted by molar-refractivity contribution is 6.06. The fraction of sp³-hybridized carbons (Fsp3) is 0.0741. The summed E-state index contributed by atoms with van der Waals surface area (Å²) in [4.78, 5) is 29.4. The minimum atomic E-state index is -4.54. The van der Waals surface area contributed by atoms with Gasteiger partial charge in [-0.2, -0.15) is 13.2 Å². The molecule has 3 aromatic carbocycles. The van der Waals surface area contributed by atoms with Crippen LogP contribution in [0.5, 0.6) is 5.75 Å². The zero-order valence-electron chi connectivity index (χ0n) is 19.8. The van der Waals surface area contributed by atoms with Crippen molar-refractivity contribution in [3.8, 4) is 28.0 Å². The van der Waals surface area contributed by atoms with Crippen LogP contribution in [0.2, 0.25) is 0 Å². The number of nitrogens with zero attached hydrogens (tertiary/aromatic N) is 4. The number of nitrogen functional groups attached to an aromatic ring is 1. The van der Waals surface area contributed by atoms with E-state index < -0.39 is 17.6 Å². The summed E-state index contributed by atoms with van der Waals surface area (Å²) in [7, 11) is 0. The minimum absolute atomic E-state index is 0.00148. The molecule has 2 aromatic heterocycles. The second kappa shape index (κ2) is 9.43. The van der Waals surface area contributed by atoms with E-state index in [1.165, 1.54) is 37.1 Å². The summed E-state index contributed by atoms with van der Waals surface area (Å²) < 4.78 is 39.2. The Morgan fingerprint density at radius 3 is 2.50 bits per heavy atom. The van der Waals surface area contributed by atoms with Crippen LogP contribution in [0.1, 0.15) is 21.5 Å². The Morgan fingerprint density at radius 1 is 1.00 bits per heavy atom. The van der Waals surface area contributed by atoms with E-state index in [2.05, 4.69) is 25.3 Å². The van der Waals surface area contributed by atoms with Crippen LogP contribution in [-0.2, 0) is 6.18 Å². The van der Waals surface area contributed by atoms with Crippen molar-refractivity contribution in [2.75, 3.05) is 11.1 Å². The Bertz CT molecular complexity index is 1690. The molecule has 0 atom stereocenters. The average Bonchev–Trinajstić information content (AvgIpc) is 2.89. The Labute approximate surface area is 214 Å². The molecule has 2 heterocycles. The molecule has 11 heteroatoms. The topological polar surface area (TPSA) is 127 Å². The first kappa shape index (κ1) is 24.6. The number of aromatic hydroxyl groups is 1. The molecule has 4 N–H and O–H groups in total. The molecule has 0 saturated heterocycles. The van der Waals surface area contributed by atoms with Crippen LogP contribution < -0.4 is 11.1 Å². The Kier molecular flexibility index (Phi) is 6.11. The highest BCUT2D eigenvalue weighted by atomic mass is 19.4. The second-order valence-corrected chi connectivity index (χ2v) is 8.50. The van der Waals surface area contributed by atoms with E-state index in [1.54, 1.807) is 31.2 Å². The van der Waals surface area contributed by atoms with Gasteiger partial charge in [-0.25, -0.2) is 19.9 Å². The lowest BCUT2D eigenvalue weighted by molar-refractivity contribution is -0.137. The average molecular weight is 516 g/mol. The molecule has 0 aliphatic heterocycles. The Morgan fingerprint density at radius 2 is 1.76 bits per heavy atom. The highest BCUT2D eigenvalue weighted by Gasteiger charge is 2.30. The van der Waals surface area contributed by atoms with Crippen molar-refractivity contribution >= 4 is 28.4 Å². The number of anilines is 2. The van der Waals surface area contributed by atoms with E-state index in [-0.39, 0.29) is 22.9 Å². The molecular formula is C27H19F3N6O2. The Balaban J connectivity index is 1.60. The van der Waals surface area contributed by atoms with Crippen molar-refractivity contribution < 1.29 is 23.1 Å². The fourth-order valence-electron chi connectivity index (χ4n) is 4.12. The summed E-state index contributed by atoms with van der Waals surface area (Å²) in [6, 6.07) is 10.8. The standard InChI is InChI=1S/C27H19F3N6O2/c1-14-5-6-15(25(38)35-19-4-2-3-18(9-19)27(28,29)30)7-20(14)21-8-16-12-34-26(31)36-23(16)22(24(21)37)17-10-32-13-33-11-17/h2-13,37H,1H3,(H,35,38)(H2,31,34,36). The van der Waals surface area contributed by atoms with Crippen molar-refractivity contribution in [3.63, 3.8) is 0 Å². The van der Waals surface area contributed by atoms with Crippen LogP contribution in [0.3, 0.4) is 0 Å². The minimum Gasteiger partial charge on any atom is -0.507 e. The van der Waals surface area contributed by atoms with Gasteiger partial charge in [-0.1, -0.05) is 12.1 Å². The molecular weight excluding hydrogens is 497 g/mol. The number of halogens is 3. The van der Waals surface area contributed by atoms with Crippen LogP contribution >= 0.6 is 0 Å². The molecule has 0 unspecified atom stereocenters. The van der Waals surface area contributed by atoms with E-state index in [0.717, 1.165) is 17.7 Å². The van der Waals surface area contributed by atoms with Gasteiger partial charge in [0, 0.05) is 46.4 Å². The van der Waals surface area contributed by atoms with Crippen molar-refractivity contribution in [2.45, 2.75) is 13.1 Å². The van der Waals surface area contributed by atoms with Gasteiger partial charge in [0.05, 0.1) is 16.6 Å². The second-order valence-electron chi connectivity index (χ2n) is 8.50. The maximum Gasteiger partial charge on any atom is 0.416 e. The van der Waals surface area contributed by atoms with Gasteiger partial charge in [-0.3, -0.25) is 4.79 Å². The van der Waals surface area contributed by atoms with Gasteiger partial charge in [-0.15, -0.1) is 0 Å². The Hall–Kier alpha value is -5.06. The predicted octanol–water partition coefficient (Wildman–Crippen LogP) is 5.62. The number of phenolic OH excluding ortho intramolecular Hbond substituents is 1. The normalized spacial score (nSPS) is 11.5. The van der Waals surface area contributed by atoms with Crippen molar-refractivity contribution in [3.05, 3.63) is 90.1 Å². The molecule has 0 aliphatic rings. The number of fused-ring (bicyclic) bond motifs is 1. The van der Waals surface area contributed by atoms with Gasteiger partial charge >= 0.3 is 6.18 Å². The first-order chi connectivity index (χ1) is 18.1. The zero-order chi connectivity index (χ0) is 27.0. The smallest absolute Gasteiger partial charge is 0.416 e. The van der Waals surface area contributed by atoms with Gasteiger partial charge in [0.1, 0.15) is 12.1 Å². The molecule has 1 amide bonds. The van der Waals surface area contributed by atoms with E-state index in [0.29, 0.717) is 33.2 Å². The molecule has 0 spiro atoms. The van der Waals surface area contributed by atoms with E-state index in [4.69, 9.17) is 5.73 Å². The monoisotopic (exact) mass is 516 g/mol. The third-order valence-corrected chi connectivity index (χ3v) is 5.95. The van der Waals surface area contributed by atoms with Gasteiger partial charge in [0.2, 0.25) is 5.95 Å². The summed E-state index contributed by atoms with van der Waals surface area (Å²) in [6.07, 6.45) is 1.38. The first-order valence-electron chi connectivity index (χ1n) is 11.2. The number of carbonyl (C=O) groups is 1. The molecule has 5 aromatic rings. The molecule has 38 heavy (non-hydrogen) atoms. The number of nitrogens with two attached hydrogens (primary N) is 1. The summed E-state index contributed by atoms with van der Waals surface area (Å²) in [5, 5.41) is 14.5. The number of alkyl halides is 3. The number of phenols is 1. The predicted molar refractivity (Wildman–Crippen MR) is 136 cm³/mol. The maximum absolute atomic E-state index is 13.1. The maximum atomic E-state index is 13.1. The summed E-state index contributed by atoms with van der Waals surface area (Å²) >= 11 is 0. The summed E-state index contributed by atoms with van der Waals surface area (Å²) in [5.41, 5.74) is 7.98. The lowest BCUT2D eigenvalue weighted by Gasteiger charge is -2.16. The number of carbonyl (C=O) groups excluding carboxylic acids is 1. The van der Waals surface area contributed by atoms with Crippen LogP contribution in [0, 0.1) is 6.92 Å². The van der Waals surface area contributed by atoms with Crippen LogP contribution in [0.4, 0.5) is 24.8 Å². The first-order valence-corrected chi connectivity index (χ1v) is 11.2. The SMILES string of the molecule is Cc1ccc(C(=O)Nc2cccc(C(F)(F)F)c2)cc1-c1cc2cnc(N)nc2c(-c2cncnc2)c1O. The third-order valence-electron chi connectivity index (χ3n) is 5.95. The van der Waals surface area contributed by atoms with Crippen LogP contribution in [0.15, 0.2) is 73.4 Å². The largest absolute Gasteiger partial charge is 0.507 e. The molecule has 0 aliphatic carbocycles. The number of hydrogen-bond donors (Lipinski definition) is 3. The van der Waals surface area contributed by atoms with Gasteiger partial charge in [-0.05, 0) is 54.4 Å². The number of nitrogens with one attached hydrogen (secondary N) is 1. The number of aryl methyl sites for hydroxylation is 1. The summed E-state index contributed by atoms with van der Waals surface area (Å²) in [6.45, 7) is 1.80. The van der Waals surface area contributed by atoms with Crippen molar-refractivity contribution in [1.29, 1.82) is 0 Å². The third kappa shape index (κ3) is 4.69.